The number of fused-ring (bicyclic) bond motifs is 3. The summed E-state index contributed by atoms with van der Waals surface area (Å²) in [6.07, 6.45) is -2.54. The Balaban J connectivity index is 1.07. The molecular weight excluding hydrogens is 594 g/mol. The summed E-state index contributed by atoms with van der Waals surface area (Å²) in [5.41, 5.74) is 0.0457. The highest BCUT2D eigenvalue weighted by atomic mass is 19.3. The number of carbonyl (C=O) groups is 2. The maximum atomic E-state index is 14.0. The molecule has 5 aliphatic rings. The average molecular weight is 631 g/mol. The van der Waals surface area contributed by atoms with E-state index in [0.717, 1.165) is 18.4 Å². The SMILES string of the molecule is COc1ccc2c(c1)O[C@@H](C1CCC(C(=O)N3C[C@H](O)[C@@H](O)C3)CC1)C[C@H]2NC(=O)[C@@]1(C)COc2cc3c(cc21)OC(F)(F)O3. The summed E-state index contributed by atoms with van der Waals surface area (Å²) in [5, 5.41) is 22.9. The molecule has 0 spiro atoms. The summed E-state index contributed by atoms with van der Waals surface area (Å²) in [4.78, 5) is 28.6. The number of aliphatic hydroxyl groups excluding tert-OH is 2. The molecule has 1 saturated heterocycles. The van der Waals surface area contributed by atoms with Crippen molar-refractivity contribution in [3.05, 3.63) is 41.5 Å². The van der Waals surface area contributed by atoms with Crippen molar-refractivity contribution in [2.24, 2.45) is 11.8 Å². The number of halogens is 2. The van der Waals surface area contributed by atoms with Crippen LogP contribution in [0.5, 0.6) is 28.7 Å². The molecule has 4 aliphatic heterocycles. The normalized spacial score (nSPS) is 32.6. The molecule has 0 unspecified atom stereocenters. The van der Waals surface area contributed by atoms with E-state index in [1.165, 1.54) is 12.1 Å². The summed E-state index contributed by atoms with van der Waals surface area (Å²) < 4.78 is 54.3. The molecule has 1 saturated carbocycles. The molecule has 7 rings (SSSR count). The molecule has 0 radical (unpaired) electrons. The van der Waals surface area contributed by atoms with Gasteiger partial charge in [-0.3, -0.25) is 9.59 Å². The first-order chi connectivity index (χ1) is 21.4. The number of alkyl halides is 2. The number of nitrogens with zero attached hydrogens (tertiary/aromatic N) is 1. The quantitative estimate of drug-likeness (QED) is 0.456. The first-order valence-corrected chi connectivity index (χ1v) is 15.3. The Bertz CT molecular complexity index is 1500. The van der Waals surface area contributed by atoms with Gasteiger partial charge in [0.1, 0.15) is 35.4 Å². The van der Waals surface area contributed by atoms with Gasteiger partial charge in [-0.25, -0.2) is 0 Å². The first kappa shape index (κ1) is 29.8. The number of hydrogen-bond donors (Lipinski definition) is 3. The van der Waals surface area contributed by atoms with Gasteiger partial charge in [-0.1, -0.05) is 0 Å². The van der Waals surface area contributed by atoms with Crippen LogP contribution in [0.4, 0.5) is 8.78 Å². The van der Waals surface area contributed by atoms with E-state index < -0.39 is 30.0 Å². The Labute approximate surface area is 258 Å². The van der Waals surface area contributed by atoms with E-state index in [0.29, 0.717) is 36.3 Å². The Morgan fingerprint density at radius 1 is 0.978 bits per heavy atom. The van der Waals surface area contributed by atoms with E-state index in [1.54, 1.807) is 31.1 Å². The van der Waals surface area contributed by atoms with Gasteiger partial charge >= 0.3 is 6.29 Å². The molecule has 11 nitrogen and oxygen atoms in total. The van der Waals surface area contributed by atoms with E-state index >= 15 is 0 Å². The maximum Gasteiger partial charge on any atom is 0.586 e. The number of rotatable bonds is 5. The van der Waals surface area contributed by atoms with Gasteiger partial charge in [-0.2, -0.15) is 0 Å². The Kier molecular flexibility index (Phi) is 7.23. The summed E-state index contributed by atoms with van der Waals surface area (Å²) in [5.74, 6) is 0.791. The lowest BCUT2D eigenvalue weighted by Gasteiger charge is -2.40. The van der Waals surface area contributed by atoms with Crippen LogP contribution in [0.15, 0.2) is 30.3 Å². The molecular formula is C32H36F2N2O9. The highest BCUT2D eigenvalue weighted by Gasteiger charge is 2.50. The lowest BCUT2D eigenvalue weighted by Crippen LogP contribution is -2.47. The predicted octanol–water partition coefficient (Wildman–Crippen LogP) is 3.05. The van der Waals surface area contributed by atoms with Crippen LogP contribution in [0.25, 0.3) is 0 Å². The van der Waals surface area contributed by atoms with Gasteiger partial charge in [0.15, 0.2) is 11.5 Å². The number of ether oxygens (including phenoxy) is 5. The van der Waals surface area contributed by atoms with Gasteiger partial charge in [0.25, 0.3) is 0 Å². The number of carbonyl (C=O) groups excluding carboxylic acids is 2. The fourth-order valence-corrected chi connectivity index (χ4v) is 7.31. The second kappa shape index (κ2) is 10.9. The number of nitrogens with one attached hydrogen (secondary N) is 1. The van der Waals surface area contributed by atoms with Crippen LogP contribution in [0.1, 0.15) is 56.2 Å². The van der Waals surface area contributed by atoms with Gasteiger partial charge in [0.2, 0.25) is 11.8 Å². The molecule has 2 amide bonds. The number of β-amino-alcohol motifs (C(OH)–C–C–N with tert-alkyl or cyclic N) is 2. The van der Waals surface area contributed by atoms with Crippen LogP contribution < -0.4 is 29.0 Å². The molecule has 0 bridgehead atoms. The zero-order chi connectivity index (χ0) is 31.7. The molecule has 1 aliphatic carbocycles. The molecule has 2 aromatic carbocycles. The zero-order valence-corrected chi connectivity index (χ0v) is 25.0. The molecule has 4 heterocycles. The number of methoxy groups -OCH3 is 1. The van der Waals surface area contributed by atoms with Crippen LogP contribution in [0.3, 0.4) is 0 Å². The third-order valence-corrected chi connectivity index (χ3v) is 9.98. The Morgan fingerprint density at radius 3 is 2.36 bits per heavy atom. The topological polar surface area (TPSA) is 136 Å². The van der Waals surface area contributed by atoms with Crippen molar-refractivity contribution >= 4 is 11.8 Å². The Morgan fingerprint density at radius 2 is 1.67 bits per heavy atom. The van der Waals surface area contributed by atoms with Crippen LogP contribution in [0, 0.1) is 11.8 Å². The molecule has 45 heavy (non-hydrogen) atoms. The predicted molar refractivity (Wildman–Crippen MR) is 152 cm³/mol. The number of aliphatic hydroxyl groups is 2. The summed E-state index contributed by atoms with van der Waals surface area (Å²) in [6.45, 7) is 2.02. The summed E-state index contributed by atoms with van der Waals surface area (Å²) in [7, 11) is 1.57. The highest BCUT2D eigenvalue weighted by molar-refractivity contribution is 5.90. The van der Waals surface area contributed by atoms with Gasteiger partial charge in [-0.05, 0) is 56.7 Å². The Hall–Kier alpha value is -3.84. The lowest BCUT2D eigenvalue weighted by atomic mass is 9.76. The van der Waals surface area contributed by atoms with Gasteiger partial charge in [0, 0.05) is 48.7 Å². The van der Waals surface area contributed by atoms with E-state index in [4.69, 9.17) is 14.2 Å². The maximum absolute atomic E-state index is 14.0. The monoisotopic (exact) mass is 630 g/mol. The third kappa shape index (κ3) is 5.29. The van der Waals surface area contributed by atoms with Crippen LogP contribution in [0.2, 0.25) is 0 Å². The summed E-state index contributed by atoms with van der Waals surface area (Å²) >= 11 is 0. The van der Waals surface area contributed by atoms with Crippen molar-refractivity contribution in [3.8, 4) is 28.7 Å². The van der Waals surface area contributed by atoms with Gasteiger partial charge in [-0.15, -0.1) is 8.78 Å². The van der Waals surface area contributed by atoms with E-state index in [9.17, 15) is 28.6 Å². The molecule has 3 N–H and O–H groups in total. The van der Waals surface area contributed by atoms with E-state index in [1.807, 2.05) is 6.07 Å². The molecule has 5 atom stereocenters. The average Bonchev–Trinajstić information content (AvgIpc) is 3.65. The zero-order valence-electron chi connectivity index (χ0n) is 25.0. The van der Waals surface area contributed by atoms with Crippen molar-refractivity contribution in [2.45, 2.75) is 75.1 Å². The van der Waals surface area contributed by atoms with Crippen LogP contribution in [-0.4, -0.2) is 78.3 Å². The summed E-state index contributed by atoms with van der Waals surface area (Å²) in [6, 6.07) is 7.77. The smallest absolute Gasteiger partial charge is 0.497 e. The van der Waals surface area contributed by atoms with Crippen molar-refractivity contribution in [3.63, 3.8) is 0 Å². The van der Waals surface area contributed by atoms with Crippen molar-refractivity contribution in [2.75, 3.05) is 26.8 Å². The van der Waals surface area contributed by atoms with E-state index in [2.05, 4.69) is 14.8 Å². The largest absolute Gasteiger partial charge is 0.586 e. The number of benzene rings is 2. The van der Waals surface area contributed by atoms with Crippen LogP contribution >= 0.6 is 0 Å². The molecule has 0 aromatic heterocycles. The second-order valence-electron chi connectivity index (χ2n) is 12.9. The first-order valence-electron chi connectivity index (χ1n) is 15.3. The van der Waals surface area contributed by atoms with Gasteiger partial charge < -0.3 is 44.1 Å². The molecule has 2 fully saturated rings. The minimum absolute atomic E-state index is 0.0126. The third-order valence-electron chi connectivity index (χ3n) is 9.98. The fourth-order valence-electron chi connectivity index (χ4n) is 7.31. The van der Waals surface area contributed by atoms with Gasteiger partial charge in [0.05, 0.1) is 25.4 Å². The van der Waals surface area contributed by atoms with Crippen molar-refractivity contribution < 1.29 is 52.3 Å². The lowest BCUT2D eigenvalue weighted by molar-refractivity contribution is -0.286. The second-order valence-corrected chi connectivity index (χ2v) is 12.9. The molecule has 13 heteroatoms. The number of amides is 2. The van der Waals surface area contributed by atoms with Crippen molar-refractivity contribution in [1.82, 2.24) is 10.2 Å². The highest BCUT2D eigenvalue weighted by Crippen LogP contribution is 2.50. The molecule has 2 aromatic rings. The van der Waals surface area contributed by atoms with E-state index in [-0.39, 0.29) is 66.7 Å². The fraction of sp³-hybridized carbons (Fsp3) is 0.562. The van der Waals surface area contributed by atoms with Crippen molar-refractivity contribution in [1.29, 1.82) is 0 Å². The standard InChI is InChI=1S/C32H36F2N2O9/c1-31(15-42-26-12-28-27(10-20(26)31)44-32(33,34)45-28)30(40)35-21-11-24(43-25-9-18(41-2)7-8-19(21)25)16-3-5-17(6-4-16)29(39)36-13-22(37)23(38)14-36/h7-10,12,16-17,21-24,37-38H,3-6,11,13-15H2,1-2H3,(H,35,40)/t16?,17?,21-,22+,23+,24-,31+/m1/s1. The van der Waals surface area contributed by atoms with Crippen LogP contribution in [-0.2, 0) is 15.0 Å². The number of likely N-dealkylation sites (tertiary alicyclic amines) is 1. The number of hydrogen-bond acceptors (Lipinski definition) is 9. The minimum Gasteiger partial charge on any atom is -0.497 e. The molecule has 242 valence electrons. The minimum atomic E-state index is -3.79.